The Bertz CT molecular complexity index is 1280. The summed E-state index contributed by atoms with van der Waals surface area (Å²) >= 11 is 0. The molecule has 4 atom stereocenters. The summed E-state index contributed by atoms with van der Waals surface area (Å²) < 4.78 is 50.3. The number of carbonyl (C=O) groups is 3. The number of aromatic nitrogens is 1. The van der Waals surface area contributed by atoms with E-state index in [9.17, 15) is 32.7 Å². The average molecular weight is 637 g/mol. The fourth-order valence-electron chi connectivity index (χ4n) is 5.01. The fraction of sp³-hybridized carbons (Fsp3) is 0.562. The molecule has 1 aromatic carbocycles. The molecule has 1 aliphatic heterocycles. The van der Waals surface area contributed by atoms with Gasteiger partial charge in [0.15, 0.2) is 0 Å². The highest BCUT2D eigenvalue weighted by atomic mass is 19.4. The number of alkyl halides is 3. The molecular weight excluding hydrogens is 593 g/mol. The van der Waals surface area contributed by atoms with Crippen LogP contribution in [0, 0.1) is 5.92 Å². The van der Waals surface area contributed by atoms with Crippen molar-refractivity contribution in [2.24, 2.45) is 5.92 Å². The van der Waals surface area contributed by atoms with Gasteiger partial charge in [0, 0.05) is 62.7 Å². The molecule has 0 bridgehead atoms. The Balaban J connectivity index is 1.91. The zero-order chi connectivity index (χ0) is 33.1. The van der Waals surface area contributed by atoms with E-state index >= 15 is 0 Å². The van der Waals surface area contributed by atoms with Crippen LogP contribution in [0.2, 0.25) is 0 Å². The molecule has 2 aromatic rings. The SMILES string of the molecule is C[C@H]1CCCCO[C@@H](CN(C)C(=O)c2ccncc2)[C@@H](C)CN([C@@H](C)CO)C(=O)c2cc(NC(=O)CCC(F)(F)F)ccc2O1. The first-order chi connectivity index (χ1) is 21.3. The second-order valence-electron chi connectivity index (χ2n) is 11.6. The molecule has 0 saturated heterocycles. The van der Waals surface area contributed by atoms with Crippen molar-refractivity contribution in [3.05, 3.63) is 53.9 Å². The summed E-state index contributed by atoms with van der Waals surface area (Å²) in [6, 6.07) is 7.03. The van der Waals surface area contributed by atoms with Crippen LogP contribution in [0.1, 0.15) is 73.6 Å². The highest BCUT2D eigenvalue weighted by Gasteiger charge is 2.32. The van der Waals surface area contributed by atoms with Gasteiger partial charge in [0.05, 0.1) is 36.8 Å². The van der Waals surface area contributed by atoms with Gasteiger partial charge in [0.2, 0.25) is 5.91 Å². The summed E-state index contributed by atoms with van der Waals surface area (Å²) in [6.45, 7) is 5.96. The largest absolute Gasteiger partial charge is 0.490 e. The first-order valence-corrected chi connectivity index (χ1v) is 15.1. The molecule has 2 N–H and O–H groups in total. The maximum absolute atomic E-state index is 14.1. The van der Waals surface area contributed by atoms with E-state index in [2.05, 4.69) is 10.3 Å². The first-order valence-electron chi connectivity index (χ1n) is 15.1. The minimum atomic E-state index is -4.48. The maximum atomic E-state index is 14.1. The van der Waals surface area contributed by atoms with E-state index in [1.807, 2.05) is 13.8 Å². The molecule has 13 heteroatoms. The van der Waals surface area contributed by atoms with Crippen LogP contribution in [0.5, 0.6) is 5.75 Å². The lowest BCUT2D eigenvalue weighted by molar-refractivity contribution is -0.142. The molecule has 0 spiro atoms. The number of ether oxygens (including phenoxy) is 2. The van der Waals surface area contributed by atoms with Crippen LogP contribution in [0.3, 0.4) is 0 Å². The number of hydrogen-bond acceptors (Lipinski definition) is 7. The number of nitrogens with zero attached hydrogens (tertiary/aromatic N) is 3. The van der Waals surface area contributed by atoms with Crippen molar-refractivity contribution in [2.45, 2.75) is 77.3 Å². The number of rotatable bonds is 8. The van der Waals surface area contributed by atoms with Crippen molar-refractivity contribution in [3.63, 3.8) is 0 Å². The second-order valence-corrected chi connectivity index (χ2v) is 11.6. The van der Waals surface area contributed by atoms with Gasteiger partial charge in [-0.05, 0) is 63.4 Å². The van der Waals surface area contributed by atoms with Gasteiger partial charge in [-0.3, -0.25) is 19.4 Å². The fourth-order valence-corrected chi connectivity index (χ4v) is 5.01. The number of benzene rings is 1. The summed E-state index contributed by atoms with van der Waals surface area (Å²) in [5.74, 6) is -1.55. The number of nitrogens with one attached hydrogen (secondary N) is 1. The van der Waals surface area contributed by atoms with E-state index in [1.165, 1.54) is 23.1 Å². The third-order valence-corrected chi connectivity index (χ3v) is 7.70. The number of likely N-dealkylation sites (N-methyl/N-ethyl adjacent to an activating group) is 1. The number of hydrogen-bond donors (Lipinski definition) is 2. The van der Waals surface area contributed by atoms with E-state index in [0.29, 0.717) is 18.6 Å². The standard InChI is InChI=1S/C32H43F3N4O6/c1-21-18-39(22(2)20-40)31(43)26-17-25(37-29(41)10-13-32(33,34)35)8-9-27(26)45-23(3)7-5-6-16-44-28(21)19-38(4)30(42)24-11-14-36-15-12-24/h8-9,11-12,14-15,17,21-23,28,40H,5-7,10,13,16,18-20H2,1-4H3,(H,37,41)/t21-,22-,23-,28-/m0/s1. The lowest BCUT2D eigenvalue weighted by Crippen LogP contribution is -2.48. The Morgan fingerprint density at radius 2 is 1.89 bits per heavy atom. The average Bonchev–Trinajstić information content (AvgIpc) is 3.01. The molecular formula is C32H43F3N4O6. The van der Waals surface area contributed by atoms with Gasteiger partial charge in [-0.2, -0.15) is 13.2 Å². The third kappa shape index (κ3) is 11.0. The van der Waals surface area contributed by atoms with E-state index in [4.69, 9.17) is 9.47 Å². The van der Waals surface area contributed by atoms with Gasteiger partial charge < -0.3 is 29.7 Å². The van der Waals surface area contributed by atoms with Crippen LogP contribution in [0.4, 0.5) is 18.9 Å². The molecule has 10 nitrogen and oxygen atoms in total. The van der Waals surface area contributed by atoms with Crippen LogP contribution in [0.15, 0.2) is 42.7 Å². The summed E-state index contributed by atoms with van der Waals surface area (Å²) in [5, 5.41) is 12.5. The number of halogens is 3. The Morgan fingerprint density at radius 1 is 1.18 bits per heavy atom. The van der Waals surface area contributed by atoms with E-state index in [-0.39, 0.29) is 54.6 Å². The van der Waals surface area contributed by atoms with Gasteiger partial charge >= 0.3 is 6.18 Å². The van der Waals surface area contributed by atoms with Crippen LogP contribution >= 0.6 is 0 Å². The Kier molecular flexibility index (Phi) is 13.2. The minimum Gasteiger partial charge on any atom is -0.490 e. The zero-order valence-corrected chi connectivity index (χ0v) is 26.2. The van der Waals surface area contributed by atoms with Crippen LogP contribution in [0.25, 0.3) is 0 Å². The topological polar surface area (TPSA) is 121 Å². The lowest BCUT2D eigenvalue weighted by atomic mass is 10.0. The van der Waals surface area contributed by atoms with Gasteiger partial charge in [0.1, 0.15) is 5.75 Å². The maximum Gasteiger partial charge on any atom is 0.389 e. The van der Waals surface area contributed by atoms with E-state index in [0.717, 1.165) is 12.8 Å². The van der Waals surface area contributed by atoms with Crippen molar-refractivity contribution in [1.29, 1.82) is 0 Å². The minimum absolute atomic E-state index is 0.0995. The van der Waals surface area contributed by atoms with Crippen molar-refractivity contribution in [3.8, 4) is 5.75 Å². The summed E-state index contributed by atoms with van der Waals surface area (Å²) in [6.07, 6.45) is -1.97. The normalized spacial score (nSPS) is 20.8. The van der Waals surface area contributed by atoms with E-state index < -0.39 is 43.0 Å². The number of aliphatic hydroxyl groups excluding tert-OH is 1. The molecule has 2 heterocycles. The third-order valence-electron chi connectivity index (χ3n) is 7.70. The second kappa shape index (κ2) is 16.6. The van der Waals surface area contributed by atoms with Crippen LogP contribution in [-0.4, -0.2) is 95.4 Å². The molecule has 1 aliphatic rings. The van der Waals surface area contributed by atoms with E-state index in [1.54, 1.807) is 43.4 Å². The molecule has 3 amide bonds. The molecule has 0 radical (unpaired) electrons. The molecule has 1 aromatic heterocycles. The molecule has 0 unspecified atom stereocenters. The zero-order valence-electron chi connectivity index (χ0n) is 26.2. The summed E-state index contributed by atoms with van der Waals surface area (Å²) in [7, 11) is 1.68. The van der Waals surface area contributed by atoms with Gasteiger partial charge in [-0.15, -0.1) is 0 Å². The summed E-state index contributed by atoms with van der Waals surface area (Å²) in [5.41, 5.74) is 0.731. The number of anilines is 1. The van der Waals surface area contributed by atoms with Gasteiger partial charge in [-0.1, -0.05) is 6.92 Å². The number of fused-ring (bicyclic) bond motifs is 1. The van der Waals surface area contributed by atoms with Gasteiger partial charge in [-0.25, -0.2) is 0 Å². The molecule has 0 fully saturated rings. The quantitative estimate of drug-likeness (QED) is 0.422. The number of aliphatic hydroxyl groups is 1. The van der Waals surface area contributed by atoms with Crippen molar-refractivity contribution in [2.75, 3.05) is 38.7 Å². The lowest BCUT2D eigenvalue weighted by Gasteiger charge is -2.36. The Hall–Kier alpha value is -3.71. The molecule has 0 saturated carbocycles. The predicted molar refractivity (Wildman–Crippen MR) is 162 cm³/mol. The predicted octanol–water partition coefficient (Wildman–Crippen LogP) is 4.93. The highest BCUT2D eigenvalue weighted by molar-refractivity contribution is 5.99. The highest BCUT2D eigenvalue weighted by Crippen LogP contribution is 2.29. The van der Waals surface area contributed by atoms with Crippen molar-refractivity contribution < 1.29 is 42.1 Å². The molecule has 45 heavy (non-hydrogen) atoms. The smallest absolute Gasteiger partial charge is 0.389 e. The van der Waals surface area contributed by atoms with Crippen molar-refractivity contribution in [1.82, 2.24) is 14.8 Å². The number of pyridine rings is 1. The van der Waals surface area contributed by atoms with Crippen LogP contribution < -0.4 is 10.1 Å². The molecule has 3 rings (SSSR count). The Morgan fingerprint density at radius 3 is 2.56 bits per heavy atom. The van der Waals surface area contributed by atoms with Crippen LogP contribution in [-0.2, 0) is 9.53 Å². The number of carbonyl (C=O) groups excluding carboxylic acids is 3. The number of amides is 3. The van der Waals surface area contributed by atoms with Crippen molar-refractivity contribution >= 4 is 23.4 Å². The first kappa shape index (κ1) is 35.8. The monoisotopic (exact) mass is 636 g/mol. The molecule has 248 valence electrons. The summed E-state index contributed by atoms with van der Waals surface area (Å²) in [4.78, 5) is 46.5. The molecule has 0 aliphatic carbocycles. The Labute approximate surface area is 261 Å². The van der Waals surface area contributed by atoms with Gasteiger partial charge in [0.25, 0.3) is 11.8 Å².